The Kier molecular flexibility index (Phi) is 5.97. The number of hydrogen-bond donors (Lipinski definition) is 0. The zero-order chi connectivity index (χ0) is 21.1. The first-order chi connectivity index (χ1) is 14.5. The summed E-state index contributed by atoms with van der Waals surface area (Å²) in [6, 6.07) is 12.3. The Morgan fingerprint density at radius 2 is 1.40 bits per heavy atom. The van der Waals surface area contributed by atoms with E-state index in [1.165, 1.54) is 30.3 Å². The molecule has 0 atom stereocenters. The summed E-state index contributed by atoms with van der Waals surface area (Å²) >= 11 is 0. The van der Waals surface area contributed by atoms with Gasteiger partial charge in [0.2, 0.25) is 5.91 Å². The Hall–Kier alpha value is -2.96. The van der Waals surface area contributed by atoms with Gasteiger partial charge in [-0.2, -0.15) is 0 Å². The Morgan fingerprint density at radius 3 is 2.03 bits per heavy atom. The van der Waals surface area contributed by atoms with Gasteiger partial charge >= 0.3 is 0 Å². The molecule has 7 heteroatoms. The quantitative estimate of drug-likeness (QED) is 0.777. The predicted molar refractivity (Wildman–Crippen MR) is 110 cm³/mol. The third-order valence-corrected chi connectivity index (χ3v) is 6.01. The summed E-state index contributed by atoms with van der Waals surface area (Å²) < 4.78 is 27.1. The number of carbonyl (C=O) groups is 2. The molecule has 0 radical (unpaired) electrons. The molecule has 2 aliphatic rings. The third kappa shape index (κ3) is 4.30. The van der Waals surface area contributed by atoms with Gasteiger partial charge in [0.05, 0.1) is 5.69 Å². The van der Waals surface area contributed by atoms with Crippen LogP contribution in [0.15, 0.2) is 48.5 Å². The van der Waals surface area contributed by atoms with E-state index < -0.39 is 0 Å². The van der Waals surface area contributed by atoms with Crippen molar-refractivity contribution in [3.05, 3.63) is 65.7 Å². The molecule has 5 nitrogen and oxygen atoms in total. The van der Waals surface area contributed by atoms with Crippen LogP contribution in [-0.4, -0.2) is 60.9 Å². The van der Waals surface area contributed by atoms with Crippen LogP contribution in [0.1, 0.15) is 23.2 Å². The van der Waals surface area contributed by atoms with E-state index in [0.717, 1.165) is 0 Å². The molecule has 0 saturated carbocycles. The van der Waals surface area contributed by atoms with Gasteiger partial charge in [-0.25, -0.2) is 8.78 Å². The van der Waals surface area contributed by atoms with Crippen LogP contribution in [0.5, 0.6) is 0 Å². The van der Waals surface area contributed by atoms with E-state index in [9.17, 15) is 18.4 Å². The molecule has 2 aromatic carbocycles. The summed E-state index contributed by atoms with van der Waals surface area (Å²) in [4.78, 5) is 31.1. The standard InChI is InChI=1S/C23H25F2N3O2/c24-19-7-5-17(6-8-19)22(29)27-11-9-18(10-12-27)23(30)28-15-13-26(14-16-28)21-4-2-1-3-20(21)25/h1-8,18H,9-16H2. The van der Waals surface area contributed by atoms with Crippen LogP contribution in [-0.2, 0) is 4.79 Å². The van der Waals surface area contributed by atoms with E-state index in [4.69, 9.17) is 0 Å². The molecule has 0 spiro atoms. The number of nitrogens with zero attached hydrogens (tertiary/aromatic N) is 3. The molecule has 4 rings (SSSR count). The first-order valence-electron chi connectivity index (χ1n) is 10.4. The summed E-state index contributed by atoms with van der Waals surface area (Å²) in [6.45, 7) is 3.39. The molecule has 2 aromatic rings. The van der Waals surface area contributed by atoms with Crippen LogP contribution in [0.3, 0.4) is 0 Å². The molecule has 2 fully saturated rings. The largest absolute Gasteiger partial charge is 0.366 e. The van der Waals surface area contributed by atoms with E-state index in [2.05, 4.69) is 0 Å². The molecule has 30 heavy (non-hydrogen) atoms. The number of carbonyl (C=O) groups excluding carboxylic acids is 2. The van der Waals surface area contributed by atoms with Crippen molar-refractivity contribution in [1.29, 1.82) is 0 Å². The lowest BCUT2D eigenvalue weighted by Crippen LogP contribution is -2.52. The van der Waals surface area contributed by atoms with Gasteiger partial charge in [-0.3, -0.25) is 9.59 Å². The van der Waals surface area contributed by atoms with Crippen LogP contribution < -0.4 is 4.90 Å². The van der Waals surface area contributed by atoms with Crippen molar-refractivity contribution in [2.75, 3.05) is 44.2 Å². The number of amides is 2. The predicted octanol–water partition coefficient (Wildman–Crippen LogP) is 3.17. The van der Waals surface area contributed by atoms with Gasteiger partial charge in [-0.05, 0) is 49.2 Å². The van der Waals surface area contributed by atoms with Gasteiger partial charge in [-0.1, -0.05) is 12.1 Å². The maximum atomic E-state index is 14.0. The molecule has 0 aromatic heterocycles. The van der Waals surface area contributed by atoms with Gasteiger partial charge in [0.15, 0.2) is 0 Å². The Bertz CT molecular complexity index is 903. The summed E-state index contributed by atoms with van der Waals surface area (Å²) in [6.07, 6.45) is 1.25. The maximum absolute atomic E-state index is 14.0. The molecule has 0 unspecified atom stereocenters. The fourth-order valence-electron chi connectivity index (χ4n) is 4.24. The van der Waals surface area contributed by atoms with Crippen LogP contribution >= 0.6 is 0 Å². The van der Waals surface area contributed by atoms with Gasteiger partial charge in [-0.15, -0.1) is 0 Å². The number of piperidine rings is 1. The monoisotopic (exact) mass is 413 g/mol. The summed E-state index contributed by atoms with van der Waals surface area (Å²) in [5.74, 6) is -0.708. The number of anilines is 1. The first kappa shape index (κ1) is 20.3. The molecule has 158 valence electrons. The van der Waals surface area contributed by atoms with E-state index in [0.29, 0.717) is 63.4 Å². The van der Waals surface area contributed by atoms with E-state index in [-0.39, 0.29) is 29.4 Å². The Balaban J connectivity index is 1.28. The normalized spacial score (nSPS) is 17.9. The number of halogens is 2. The van der Waals surface area contributed by atoms with Gasteiger partial charge in [0.1, 0.15) is 11.6 Å². The minimum atomic E-state index is -0.369. The van der Waals surface area contributed by atoms with E-state index in [1.54, 1.807) is 17.0 Å². The zero-order valence-corrected chi connectivity index (χ0v) is 16.8. The van der Waals surface area contributed by atoms with Crippen molar-refractivity contribution in [2.45, 2.75) is 12.8 Å². The molecule has 2 aliphatic heterocycles. The minimum absolute atomic E-state index is 0.0951. The summed E-state index contributed by atoms with van der Waals surface area (Å²) in [5.41, 5.74) is 1.04. The SMILES string of the molecule is O=C(c1ccc(F)cc1)N1CCC(C(=O)N2CCN(c3ccccc3F)CC2)CC1. The average molecular weight is 413 g/mol. The number of benzene rings is 2. The smallest absolute Gasteiger partial charge is 0.253 e. The second-order valence-corrected chi connectivity index (χ2v) is 7.84. The van der Waals surface area contributed by atoms with Crippen molar-refractivity contribution in [1.82, 2.24) is 9.80 Å². The van der Waals surface area contributed by atoms with Crippen molar-refractivity contribution in [3.63, 3.8) is 0 Å². The van der Waals surface area contributed by atoms with Crippen molar-refractivity contribution in [2.24, 2.45) is 5.92 Å². The number of hydrogen-bond acceptors (Lipinski definition) is 3. The summed E-state index contributed by atoms with van der Waals surface area (Å²) in [5, 5.41) is 0. The van der Waals surface area contributed by atoms with E-state index >= 15 is 0 Å². The lowest BCUT2D eigenvalue weighted by Gasteiger charge is -2.39. The molecule has 2 saturated heterocycles. The molecule has 2 heterocycles. The van der Waals surface area contributed by atoms with Crippen LogP contribution in [0.4, 0.5) is 14.5 Å². The van der Waals surface area contributed by atoms with Crippen LogP contribution in [0.2, 0.25) is 0 Å². The zero-order valence-electron chi connectivity index (χ0n) is 16.8. The molecular weight excluding hydrogens is 388 g/mol. The van der Waals surface area contributed by atoms with Crippen LogP contribution in [0, 0.1) is 17.6 Å². The Morgan fingerprint density at radius 1 is 0.767 bits per heavy atom. The molecule has 0 bridgehead atoms. The summed E-state index contributed by atoms with van der Waals surface area (Å²) in [7, 11) is 0. The minimum Gasteiger partial charge on any atom is -0.366 e. The first-order valence-corrected chi connectivity index (χ1v) is 10.4. The fourth-order valence-corrected chi connectivity index (χ4v) is 4.24. The highest BCUT2D eigenvalue weighted by Gasteiger charge is 2.32. The van der Waals surface area contributed by atoms with Crippen molar-refractivity contribution >= 4 is 17.5 Å². The highest BCUT2D eigenvalue weighted by molar-refractivity contribution is 5.94. The second-order valence-electron chi connectivity index (χ2n) is 7.84. The number of rotatable bonds is 3. The Labute approximate surface area is 174 Å². The number of para-hydroxylation sites is 1. The van der Waals surface area contributed by atoms with Crippen LogP contribution in [0.25, 0.3) is 0 Å². The highest BCUT2D eigenvalue weighted by Crippen LogP contribution is 2.24. The number of likely N-dealkylation sites (tertiary alicyclic amines) is 1. The highest BCUT2D eigenvalue weighted by atomic mass is 19.1. The number of piperazine rings is 1. The molecule has 0 N–H and O–H groups in total. The lowest BCUT2D eigenvalue weighted by molar-refractivity contribution is -0.137. The van der Waals surface area contributed by atoms with Gasteiger partial charge < -0.3 is 14.7 Å². The maximum Gasteiger partial charge on any atom is 0.253 e. The molecular formula is C23H25F2N3O2. The van der Waals surface area contributed by atoms with Gasteiger partial charge in [0, 0.05) is 50.7 Å². The molecule has 0 aliphatic carbocycles. The van der Waals surface area contributed by atoms with Crippen molar-refractivity contribution < 1.29 is 18.4 Å². The topological polar surface area (TPSA) is 43.9 Å². The van der Waals surface area contributed by atoms with E-state index in [1.807, 2.05) is 15.9 Å². The second kappa shape index (κ2) is 8.81. The third-order valence-electron chi connectivity index (χ3n) is 6.01. The molecule has 2 amide bonds. The fraction of sp³-hybridized carbons (Fsp3) is 0.391. The van der Waals surface area contributed by atoms with Crippen molar-refractivity contribution in [3.8, 4) is 0 Å². The average Bonchev–Trinajstić information content (AvgIpc) is 2.79. The lowest BCUT2D eigenvalue weighted by atomic mass is 9.94. The van der Waals surface area contributed by atoms with Gasteiger partial charge in [0.25, 0.3) is 5.91 Å².